The smallest absolute Gasteiger partial charge is 0.186 e. The Kier molecular flexibility index (Phi) is 3.84. The van der Waals surface area contributed by atoms with E-state index >= 15 is 0 Å². The van der Waals surface area contributed by atoms with E-state index in [9.17, 15) is 0 Å². The van der Waals surface area contributed by atoms with Crippen molar-refractivity contribution in [3.63, 3.8) is 0 Å². The number of nitrogen functional groups attached to an aromatic ring is 1. The van der Waals surface area contributed by atoms with E-state index in [1.54, 1.807) is 10.7 Å². The molecule has 0 amide bonds. The molecule has 0 radical (unpaired) electrons. The molecule has 0 fully saturated rings. The predicted octanol–water partition coefficient (Wildman–Crippen LogP) is 2.07. The van der Waals surface area contributed by atoms with Gasteiger partial charge in [-0.25, -0.2) is 4.68 Å². The average Bonchev–Trinajstić information content (AvgIpc) is 3.03. The fourth-order valence-corrected chi connectivity index (χ4v) is 2.76. The molecule has 0 unspecified atom stereocenters. The van der Waals surface area contributed by atoms with Gasteiger partial charge in [0.25, 0.3) is 0 Å². The van der Waals surface area contributed by atoms with Crippen LogP contribution in [0.1, 0.15) is 11.6 Å². The van der Waals surface area contributed by atoms with Crippen molar-refractivity contribution < 1.29 is 9.47 Å². The summed E-state index contributed by atoms with van der Waals surface area (Å²) in [6, 6.07) is 15.5. The van der Waals surface area contributed by atoms with Gasteiger partial charge >= 0.3 is 0 Å². The van der Waals surface area contributed by atoms with Crippen LogP contribution < -0.4 is 10.5 Å². The van der Waals surface area contributed by atoms with Crippen LogP contribution in [0.4, 0.5) is 5.69 Å². The van der Waals surface area contributed by atoms with E-state index in [0.717, 1.165) is 11.1 Å². The van der Waals surface area contributed by atoms with E-state index in [4.69, 9.17) is 15.2 Å². The highest BCUT2D eigenvalue weighted by Gasteiger charge is 2.26. The summed E-state index contributed by atoms with van der Waals surface area (Å²) >= 11 is 0. The number of rotatable bonds is 4. The van der Waals surface area contributed by atoms with Crippen molar-refractivity contribution in [2.45, 2.75) is 12.6 Å². The van der Waals surface area contributed by atoms with Crippen molar-refractivity contribution in [3.8, 4) is 17.1 Å². The minimum atomic E-state index is -0.120. The molecule has 1 aliphatic heterocycles. The summed E-state index contributed by atoms with van der Waals surface area (Å²) in [5, 5.41) is 12.0. The maximum absolute atomic E-state index is 6.02. The van der Waals surface area contributed by atoms with Crippen LogP contribution in [0.2, 0.25) is 0 Å². The summed E-state index contributed by atoms with van der Waals surface area (Å²) in [6.07, 6.45) is 0. The molecule has 0 spiro atoms. The molecule has 122 valence electrons. The fraction of sp³-hybridized carbons (Fsp3) is 0.235. The third-order valence-corrected chi connectivity index (χ3v) is 3.97. The van der Waals surface area contributed by atoms with Crippen LogP contribution in [0.3, 0.4) is 0 Å². The Bertz CT molecular complexity index is 834. The van der Waals surface area contributed by atoms with E-state index in [-0.39, 0.29) is 6.04 Å². The number of ether oxygens (including phenoxy) is 2. The normalized spacial score (nSPS) is 15.9. The molecule has 2 heterocycles. The van der Waals surface area contributed by atoms with Gasteiger partial charge in [0, 0.05) is 0 Å². The minimum Gasteiger partial charge on any atom is -0.488 e. The van der Waals surface area contributed by atoms with Crippen molar-refractivity contribution >= 4 is 5.69 Å². The molecule has 7 nitrogen and oxygen atoms in total. The van der Waals surface area contributed by atoms with Crippen LogP contribution >= 0.6 is 0 Å². The van der Waals surface area contributed by atoms with Crippen LogP contribution in [-0.2, 0) is 11.3 Å². The fourth-order valence-electron chi connectivity index (χ4n) is 2.76. The lowest BCUT2D eigenvalue weighted by atomic mass is 10.1. The largest absolute Gasteiger partial charge is 0.488 e. The van der Waals surface area contributed by atoms with Crippen LogP contribution in [0.15, 0.2) is 48.5 Å². The maximum atomic E-state index is 6.02. The van der Waals surface area contributed by atoms with Gasteiger partial charge in [0.1, 0.15) is 12.6 Å². The number of hydrogen-bond acceptors (Lipinski definition) is 6. The second-order valence-electron chi connectivity index (χ2n) is 5.64. The van der Waals surface area contributed by atoms with Gasteiger partial charge in [-0.3, -0.25) is 0 Å². The zero-order chi connectivity index (χ0) is 16.4. The molecule has 0 saturated carbocycles. The van der Waals surface area contributed by atoms with Crippen molar-refractivity contribution in [1.82, 2.24) is 20.2 Å². The first-order chi connectivity index (χ1) is 11.8. The van der Waals surface area contributed by atoms with Crippen molar-refractivity contribution in [2.75, 3.05) is 18.9 Å². The first-order valence-electron chi connectivity index (χ1n) is 7.74. The van der Waals surface area contributed by atoms with Gasteiger partial charge in [0.2, 0.25) is 0 Å². The SMILES string of the molecule is Nc1cccc2c1OC[C@H](COCc1ccccc1)n1nnnc1-2. The zero-order valence-corrected chi connectivity index (χ0v) is 13.0. The summed E-state index contributed by atoms with van der Waals surface area (Å²) < 4.78 is 13.5. The van der Waals surface area contributed by atoms with E-state index in [0.29, 0.717) is 37.1 Å². The molecule has 3 aromatic rings. The molecule has 1 aromatic heterocycles. The minimum absolute atomic E-state index is 0.120. The molecular weight excluding hydrogens is 306 g/mol. The number of hydrogen-bond donors (Lipinski definition) is 1. The molecule has 7 heteroatoms. The second kappa shape index (κ2) is 6.29. The Hall–Kier alpha value is -2.93. The molecule has 1 atom stereocenters. The number of nitrogens with zero attached hydrogens (tertiary/aromatic N) is 4. The number of nitrogens with two attached hydrogens (primary N) is 1. The Morgan fingerprint density at radius 3 is 2.92 bits per heavy atom. The summed E-state index contributed by atoms with van der Waals surface area (Å²) in [6.45, 7) is 1.37. The van der Waals surface area contributed by atoms with Crippen LogP contribution in [0.5, 0.6) is 5.75 Å². The van der Waals surface area contributed by atoms with Crippen molar-refractivity contribution in [2.24, 2.45) is 0 Å². The number of benzene rings is 2. The van der Waals surface area contributed by atoms with Gasteiger partial charge < -0.3 is 15.2 Å². The monoisotopic (exact) mass is 323 g/mol. The lowest BCUT2D eigenvalue weighted by molar-refractivity contribution is 0.0691. The zero-order valence-electron chi connectivity index (χ0n) is 13.0. The molecule has 2 N–H and O–H groups in total. The maximum Gasteiger partial charge on any atom is 0.186 e. The number of fused-ring (bicyclic) bond motifs is 3. The van der Waals surface area contributed by atoms with Gasteiger partial charge in [-0.15, -0.1) is 5.10 Å². The van der Waals surface area contributed by atoms with Crippen LogP contribution in [0, 0.1) is 0 Å². The summed E-state index contributed by atoms with van der Waals surface area (Å²) in [4.78, 5) is 0. The average molecular weight is 323 g/mol. The highest BCUT2D eigenvalue weighted by atomic mass is 16.5. The third kappa shape index (κ3) is 2.69. The van der Waals surface area contributed by atoms with Gasteiger partial charge in [0.15, 0.2) is 11.6 Å². The van der Waals surface area contributed by atoms with E-state index in [1.165, 1.54) is 0 Å². The van der Waals surface area contributed by atoms with E-state index in [2.05, 4.69) is 15.5 Å². The molecule has 2 aromatic carbocycles. The number of anilines is 1. The number of aromatic nitrogens is 4. The number of para-hydroxylation sites is 1. The Labute approximate surface area is 139 Å². The van der Waals surface area contributed by atoms with Gasteiger partial charge in [-0.05, 0) is 28.1 Å². The summed E-state index contributed by atoms with van der Waals surface area (Å²) in [7, 11) is 0. The first-order valence-corrected chi connectivity index (χ1v) is 7.74. The lowest BCUT2D eigenvalue weighted by Crippen LogP contribution is -2.22. The second-order valence-corrected chi connectivity index (χ2v) is 5.64. The third-order valence-electron chi connectivity index (χ3n) is 3.97. The molecule has 0 aliphatic carbocycles. The summed E-state index contributed by atoms with van der Waals surface area (Å²) in [5.41, 5.74) is 8.52. The van der Waals surface area contributed by atoms with Crippen LogP contribution in [-0.4, -0.2) is 33.4 Å². The van der Waals surface area contributed by atoms with Crippen LogP contribution in [0.25, 0.3) is 11.4 Å². The van der Waals surface area contributed by atoms with Gasteiger partial charge in [-0.2, -0.15) is 0 Å². The number of tetrazole rings is 1. The van der Waals surface area contributed by atoms with E-state index in [1.807, 2.05) is 42.5 Å². The first kappa shape index (κ1) is 14.6. The standard InChI is InChI=1S/C17H17N5O2/c18-15-8-4-7-14-16(15)24-11-13(22-17(14)19-20-21-22)10-23-9-12-5-2-1-3-6-12/h1-8,13H,9-11,18H2/t13-/m0/s1. The van der Waals surface area contributed by atoms with E-state index < -0.39 is 0 Å². The molecule has 1 aliphatic rings. The summed E-state index contributed by atoms with van der Waals surface area (Å²) in [5.74, 6) is 1.27. The molecule has 4 rings (SSSR count). The lowest BCUT2D eigenvalue weighted by Gasteiger charge is -2.16. The molecular formula is C17H17N5O2. The quantitative estimate of drug-likeness (QED) is 0.740. The van der Waals surface area contributed by atoms with Gasteiger partial charge in [0.05, 0.1) is 24.5 Å². The Balaban J connectivity index is 1.54. The van der Waals surface area contributed by atoms with Crippen molar-refractivity contribution in [1.29, 1.82) is 0 Å². The Morgan fingerprint density at radius 2 is 2.04 bits per heavy atom. The Morgan fingerprint density at radius 1 is 1.17 bits per heavy atom. The highest BCUT2D eigenvalue weighted by Crippen LogP contribution is 2.37. The predicted molar refractivity (Wildman–Crippen MR) is 88.3 cm³/mol. The molecule has 0 saturated heterocycles. The molecule has 24 heavy (non-hydrogen) atoms. The molecule has 0 bridgehead atoms. The topological polar surface area (TPSA) is 88.1 Å². The van der Waals surface area contributed by atoms with Gasteiger partial charge in [-0.1, -0.05) is 36.4 Å². The highest BCUT2D eigenvalue weighted by molar-refractivity contribution is 5.73. The van der Waals surface area contributed by atoms with Crippen molar-refractivity contribution in [3.05, 3.63) is 54.1 Å².